The number of benzene rings is 2. The van der Waals surface area contributed by atoms with Gasteiger partial charge in [-0.05, 0) is 17.7 Å². The summed E-state index contributed by atoms with van der Waals surface area (Å²) in [6.07, 6.45) is 0. The van der Waals surface area contributed by atoms with E-state index in [0.29, 0.717) is 32.8 Å². The number of amides is 1. The molecule has 0 saturated carbocycles. The van der Waals surface area contributed by atoms with E-state index >= 15 is 0 Å². The fourth-order valence-electron chi connectivity index (χ4n) is 4.30. The molecule has 172 valence electrons. The van der Waals surface area contributed by atoms with Gasteiger partial charge in [0.05, 0.1) is 11.5 Å². The molecule has 0 N–H and O–H groups in total. The van der Waals surface area contributed by atoms with Crippen LogP contribution in [0.1, 0.15) is 11.6 Å². The third kappa shape index (κ3) is 5.88. The first-order valence-electron chi connectivity index (χ1n) is 11.2. The lowest BCUT2D eigenvalue weighted by molar-refractivity contribution is -0.139. The highest BCUT2D eigenvalue weighted by molar-refractivity contribution is 7.91. The van der Waals surface area contributed by atoms with Crippen LogP contribution in [0, 0.1) is 0 Å². The smallest absolute Gasteiger partial charge is 0.244 e. The third-order valence-electron chi connectivity index (χ3n) is 6.20. The van der Waals surface area contributed by atoms with Gasteiger partial charge in [0.2, 0.25) is 5.91 Å². The van der Waals surface area contributed by atoms with E-state index in [0.717, 1.165) is 30.9 Å². The molecule has 1 unspecified atom stereocenters. The molecule has 2 heterocycles. The van der Waals surface area contributed by atoms with Crippen molar-refractivity contribution in [2.45, 2.75) is 6.04 Å². The molecule has 0 radical (unpaired) electrons. The summed E-state index contributed by atoms with van der Waals surface area (Å²) >= 11 is 0. The Hall–Kier alpha value is -2.42. The summed E-state index contributed by atoms with van der Waals surface area (Å²) in [6, 6.07) is 19.1. The first kappa shape index (κ1) is 22.8. The van der Waals surface area contributed by atoms with E-state index in [4.69, 9.17) is 4.74 Å². The topological polar surface area (TPSA) is 70.2 Å². The summed E-state index contributed by atoms with van der Waals surface area (Å²) in [5.41, 5.74) is 0.926. The molecule has 4 rings (SSSR count). The van der Waals surface area contributed by atoms with Crippen molar-refractivity contribution >= 4 is 15.7 Å². The van der Waals surface area contributed by atoms with Gasteiger partial charge in [0, 0.05) is 45.8 Å². The molecule has 0 bridgehead atoms. The maximum absolute atomic E-state index is 13.6. The highest BCUT2D eigenvalue weighted by Crippen LogP contribution is 2.26. The van der Waals surface area contributed by atoms with Gasteiger partial charge in [-0.15, -0.1) is 0 Å². The Morgan fingerprint density at radius 2 is 1.44 bits per heavy atom. The van der Waals surface area contributed by atoms with Crippen molar-refractivity contribution < 1.29 is 17.9 Å². The van der Waals surface area contributed by atoms with Crippen molar-refractivity contribution in [1.29, 1.82) is 0 Å². The minimum absolute atomic E-state index is 0.0654. The Balaban J connectivity index is 1.34. The number of sulfone groups is 1. The molecule has 1 atom stereocenters. The van der Waals surface area contributed by atoms with E-state index in [1.807, 2.05) is 70.5 Å². The standard InChI is InChI=1S/C24H31N3O4S/c28-24(23(21-7-3-1-4-8-21)26-16-19-32(29,30)20-17-26)27-13-11-25(12-14-27)15-18-31-22-9-5-2-6-10-22/h1-10,23H,11-20H2. The number of piperazine rings is 1. The van der Waals surface area contributed by atoms with Gasteiger partial charge >= 0.3 is 0 Å². The molecule has 32 heavy (non-hydrogen) atoms. The Bertz CT molecular complexity index is 963. The molecule has 7 nitrogen and oxygen atoms in total. The zero-order chi connectivity index (χ0) is 22.4. The predicted molar refractivity (Wildman–Crippen MR) is 124 cm³/mol. The predicted octanol–water partition coefficient (Wildman–Crippen LogP) is 1.68. The second kappa shape index (κ2) is 10.5. The minimum atomic E-state index is -3.00. The van der Waals surface area contributed by atoms with Gasteiger partial charge in [0.15, 0.2) is 9.84 Å². The van der Waals surface area contributed by atoms with Crippen molar-refractivity contribution in [1.82, 2.24) is 14.7 Å². The first-order valence-corrected chi connectivity index (χ1v) is 13.0. The molecule has 2 aromatic carbocycles. The van der Waals surface area contributed by atoms with Crippen LogP contribution >= 0.6 is 0 Å². The van der Waals surface area contributed by atoms with Crippen LogP contribution in [-0.2, 0) is 14.6 Å². The summed E-state index contributed by atoms with van der Waals surface area (Å²) in [5.74, 6) is 1.16. The monoisotopic (exact) mass is 457 g/mol. The maximum Gasteiger partial charge on any atom is 0.244 e. The molecule has 0 spiro atoms. The maximum atomic E-state index is 13.6. The lowest BCUT2D eigenvalue weighted by Crippen LogP contribution is -2.54. The van der Waals surface area contributed by atoms with Crippen LogP contribution in [0.15, 0.2) is 60.7 Å². The Labute approximate surface area is 190 Å². The quantitative estimate of drug-likeness (QED) is 0.630. The number of nitrogens with zero attached hydrogens (tertiary/aromatic N) is 3. The van der Waals surface area contributed by atoms with Crippen LogP contribution in [0.3, 0.4) is 0 Å². The summed E-state index contributed by atoms with van der Waals surface area (Å²) in [6.45, 7) is 5.17. The van der Waals surface area contributed by atoms with Crippen molar-refractivity contribution in [3.63, 3.8) is 0 Å². The molecule has 0 aliphatic carbocycles. The van der Waals surface area contributed by atoms with E-state index in [1.165, 1.54) is 0 Å². The average molecular weight is 458 g/mol. The van der Waals surface area contributed by atoms with Crippen molar-refractivity contribution in [2.75, 3.05) is 63.9 Å². The molecule has 0 aromatic heterocycles. The van der Waals surface area contributed by atoms with Crippen LogP contribution in [0.4, 0.5) is 0 Å². The molecule has 2 aliphatic heterocycles. The first-order chi connectivity index (χ1) is 15.5. The Morgan fingerprint density at radius 1 is 0.844 bits per heavy atom. The van der Waals surface area contributed by atoms with Gasteiger partial charge in [-0.25, -0.2) is 8.42 Å². The van der Waals surface area contributed by atoms with Gasteiger partial charge in [0.1, 0.15) is 18.4 Å². The van der Waals surface area contributed by atoms with E-state index in [9.17, 15) is 13.2 Å². The van der Waals surface area contributed by atoms with Crippen molar-refractivity contribution in [3.8, 4) is 5.75 Å². The van der Waals surface area contributed by atoms with Crippen LogP contribution in [-0.4, -0.2) is 93.0 Å². The van der Waals surface area contributed by atoms with Gasteiger partial charge in [-0.2, -0.15) is 0 Å². The number of para-hydroxylation sites is 1. The Morgan fingerprint density at radius 3 is 2.06 bits per heavy atom. The fourth-order valence-corrected chi connectivity index (χ4v) is 5.53. The van der Waals surface area contributed by atoms with E-state index < -0.39 is 15.9 Å². The van der Waals surface area contributed by atoms with Gasteiger partial charge < -0.3 is 9.64 Å². The molecule has 8 heteroatoms. The largest absolute Gasteiger partial charge is 0.492 e. The van der Waals surface area contributed by atoms with Gasteiger partial charge in [-0.3, -0.25) is 14.6 Å². The lowest BCUT2D eigenvalue weighted by Gasteiger charge is -2.40. The van der Waals surface area contributed by atoms with Crippen LogP contribution in [0.2, 0.25) is 0 Å². The zero-order valence-corrected chi connectivity index (χ0v) is 19.1. The second-order valence-electron chi connectivity index (χ2n) is 8.33. The summed E-state index contributed by atoms with van der Waals surface area (Å²) < 4.78 is 29.6. The van der Waals surface area contributed by atoms with E-state index in [-0.39, 0.29) is 17.4 Å². The molecule has 2 aliphatic rings. The average Bonchev–Trinajstić information content (AvgIpc) is 2.82. The molecule has 1 amide bonds. The molecular formula is C24H31N3O4S. The molecule has 2 fully saturated rings. The normalized spacial score (nSPS) is 20.6. The Kier molecular flexibility index (Phi) is 7.44. The van der Waals surface area contributed by atoms with Crippen molar-refractivity contribution in [3.05, 3.63) is 66.2 Å². The third-order valence-corrected chi connectivity index (χ3v) is 7.81. The van der Waals surface area contributed by atoms with Gasteiger partial charge in [-0.1, -0.05) is 48.5 Å². The molecule has 2 aromatic rings. The van der Waals surface area contributed by atoms with E-state index in [1.54, 1.807) is 0 Å². The molecule has 2 saturated heterocycles. The summed E-state index contributed by atoms with van der Waals surface area (Å²) in [4.78, 5) is 19.8. The van der Waals surface area contributed by atoms with Crippen molar-refractivity contribution in [2.24, 2.45) is 0 Å². The summed E-state index contributed by atoms with van der Waals surface area (Å²) in [7, 11) is -3.00. The SMILES string of the molecule is O=C(C(c1ccccc1)N1CCS(=O)(=O)CC1)N1CCN(CCOc2ccccc2)CC1. The van der Waals surface area contributed by atoms with Gasteiger partial charge in [0.25, 0.3) is 0 Å². The highest BCUT2D eigenvalue weighted by Gasteiger charge is 2.35. The number of hydrogen-bond acceptors (Lipinski definition) is 6. The van der Waals surface area contributed by atoms with Crippen LogP contribution in [0.25, 0.3) is 0 Å². The fraction of sp³-hybridized carbons (Fsp3) is 0.458. The number of carbonyl (C=O) groups is 1. The van der Waals surface area contributed by atoms with E-state index in [2.05, 4.69) is 4.90 Å². The summed E-state index contributed by atoms with van der Waals surface area (Å²) in [5, 5.41) is 0. The highest BCUT2D eigenvalue weighted by atomic mass is 32.2. The molecular weight excluding hydrogens is 426 g/mol. The van der Waals surface area contributed by atoms with Crippen LogP contribution in [0.5, 0.6) is 5.75 Å². The number of rotatable bonds is 7. The number of carbonyl (C=O) groups excluding carboxylic acids is 1. The zero-order valence-electron chi connectivity index (χ0n) is 18.3. The minimum Gasteiger partial charge on any atom is -0.492 e. The van der Waals surface area contributed by atoms with Crippen LogP contribution < -0.4 is 4.74 Å². The lowest BCUT2D eigenvalue weighted by atomic mass is 10.0. The number of hydrogen-bond donors (Lipinski definition) is 0. The second-order valence-corrected chi connectivity index (χ2v) is 10.6. The number of ether oxygens (including phenoxy) is 1.